The Labute approximate surface area is 143 Å². The number of amides is 1. The Morgan fingerprint density at radius 1 is 1.13 bits per heavy atom. The van der Waals surface area contributed by atoms with Crippen LogP contribution >= 0.6 is 23.2 Å². The zero-order valence-electron chi connectivity index (χ0n) is 12.1. The summed E-state index contributed by atoms with van der Waals surface area (Å²) in [7, 11) is 0. The summed E-state index contributed by atoms with van der Waals surface area (Å²) in [5, 5.41) is 7.39. The molecule has 0 saturated heterocycles. The average molecular weight is 347 g/mol. The fourth-order valence-electron chi connectivity index (χ4n) is 2.19. The Morgan fingerprint density at radius 3 is 2.57 bits per heavy atom. The van der Waals surface area contributed by atoms with Crippen molar-refractivity contribution in [3.63, 3.8) is 0 Å². The number of anilines is 1. The van der Waals surface area contributed by atoms with E-state index >= 15 is 0 Å². The number of rotatable bonds is 3. The fraction of sp³-hybridized carbons (Fsp3) is 0.0588. The van der Waals surface area contributed by atoms with Crippen LogP contribution in [-0.4, -0.2) is 11.1 Å². The summed E-state index contributed by atoms with van der Waals surface area (Å²) in [4.78, 5) is 12.2. The van der Waals surface area contributed by atoms with Gasteiger partial charge in [-0.2, -0.15) is 0 Å². The summed E-state index contributed by atoms with van der Waals surface area (Å²) in [6.45, 7) is 1.67. The van der Waals surface area contributed by atoms with Crippen LogP contribution in [0, 0.1) is 6.92 Å². The van der Waals surface area contributed by atoms with Crippen molar-refractivity contribution in [2.75, 3.05) is 5.32 Å². The Kier molecular flexibility index (Phi) is 4.37. The number of benzene rings is 2. The second-order valence-electron chi connectivity index (χ2n) is 4.92. The summed E-state index contributed by atoms with van der Waals surface area (Å²) in [6.07, 6.45) is 1.37. The van der Waals surface area contributed by atoms with E-state index in [1.165, 1.54) is 6.20 Å². The molecule has 116 valence electrons. The average Bonchev–Trinajstić information content (AvgIpc) is 2.96. The molecular formula is C17H12Cl2N2O2. The van der Waals surface area contributed by atoms with E-state index in [4.69, 9.17) is 27.7 Å². The summed E-state index contributed by atoms with van der Waals surface area (Å²) in [6, 6.07) is 12.8. The van der Waals surface area contributed by atoms with Crippen molar-refractivity contribution in [3.8, 4) is 11.1 Å². The smallest absolute Gasteiger partial charge is 0.260 e. The Morgan fingerprint density at radius 2 is 1.91 bits per heavy atom. The van der Waals surface area contributed by atoms with Crippen LogP contribution < -0.4 is 5.32 Å². The van der Waals surface area contributed by atoms with Crippen molar-refractivity contribution >= 4 is 34.8 Å². The van der Waals surface area contributed by atoms with Crippen molar-refractivity contribution < 1.29 is 9.32 Å². The molecule has 0 radical (unpaired) electrons. The summed E-state index contributed by atoms with van der Waals surface area (Å²) >= 11 is 12.5. The number of hydrogen-bond donors (Lipinski definition) is 1. The summed E-state index contributed by atoms with van der Waals surface area (Å²) in [5.41, 5.74) is 2.63. The molecular weight excluding hydrogens is 335 g/mol. The molecule has 0 saturated carbocycles. The van der Waals surface area contributed by atoms with Crippen LogP contribution in [-0.2, 0) is 0 Å². The zero-order chi connectivity index (χ0) is 16.4. The topological polar surface area (TPSA) is 55.1 Å². The first-order valence-corrected chi connectivity index (χ1v) is 7.59. The van der Waals surface area contributed by atoms with Gasteiger partial charge in [-0.1, -0.05) is 52.6 Å². The highest BCUT2D eigenvalue weighted by Gasteiger charge is 2.15. The first kappa shape index (κ1) is 15.6. The highest BCUT2D eigenvalue weighted by molar-refractivity contribution is 6.35. The number of nitrogens with zero attached hydrogens (tertiary/aromatic N) is 1. The minimum absolute atomic E-state index is 0.323. The van der Waals surface area contributed by atoms with E-state index in [-0.39, 0.29) is 5.91 Å². The number of halogens is 2. The molecule has 0 aliphatic carbocycles. The molecule has 1 heterocycles. The van der Waals surface area contributed by atoms with Crippen LogP contribution in [0.15, 0.2) is 53.2 Å². The maximum absolute atomic E-state index is 12.2. The van der Waals surface area contributed by atoms with E-state index in [1.54, 1.807) is 19.1 Å². The SMILES string of the molecule is Cc1oncc1C(=O)Nc1ccc(-c2ccccc2Cl)cc1Cl. The van der Waals surface area contributed by atoms with Gasteiger partial charge in [0.05, 0.1) is 16.9 Å². The van der Waals surface area contributed by atoms with Crippen molar-refractivity contribution in [2.45, 2.75) is 6.92 Å². The zero-order valence-corrected chi connectivity index (χ0v) is 13.7. The Bertz CT molecular complexity index is 875. The minimum atomic E-state index is -0.323. The molecule has 0 aliphatic rings. The lowest BCUT2D eigenvalue weighted by Gasteiger charge is -2.09. The van der Waals surface area contributed by atoms with Gasteiger partial charge < -0.3 is 9.84 Å². The van der Waals surface area contributed by atoms with Gasteiger partial charge in [-0.3, -0.25) is 4.79 Å². The number of carbonyl (C=O) groups excluding carboxylic acids is 1. The lowest BCUT2D eigenvalue weighted by Crippen LogP contribution is -2.12. The molecule has 1 aromatic heterocycles. The van der Waals surface area contributed by atoms with Crippen molar-refractivity contribution in [3.05, 3.63) is 70.0 Å². The number of nitrogens with one attached hydrogen (secondary N) is 1. The molecule has 23 heavy (non-hydrogen) atoms. The van der Waals surface area contributed by atoms with Crippen LogP contribution in [0.25, 0.3) is 11.1 Å². The van der Waals surface area contributed by atoms with Crippen molar-refractivity contribution in [1.82, 2.24) is 5.16 Å². The standard InChI is InChI=1S/C17H12Cl2N2O2/c1-10-13(9-20-23-10)17(22)21-16-7-6-11(8-15(16)19)12-4-2-3-5-14(12)18/h2-9H,1H3,(H,21,22). The molecule has 3 aromatic rings. The molecule has 1 amide bonds. The quantitative estimate of drug-likeness (QED) is 0.708. The normalized spacial score (nSPS) is 10.6. The van der Waals surface area contributed by atoms with E-state index in [0.29, 0.717) is 27.1 Å². The summed E-state index contributed by atoms with van der Waals surface area (Å²) < 4.78 is 4.89. The van der Waals surface area contributed by atoms with Crippen LogP contribution in [0.4, 0.5) is 5.69 Å². The second-order valence-corrected chi connectivity index (χ2v) is 5.74. The highest BCUT2D eigenvalue weighted by atomic mass is 35.5. The molecule has 0 spiro atoms. The number of aryl methyl sites for hydroxylation is 1. The predicted molar refractivity (Wildman–Crippen MR) is 91.1 cm³/mol. The molecule has 0 atom stereocenters. The minimum Gasteiger partial charge on any atom is -0.361 e. The van der Waals surface area contributed by atoms with Crippen LogP contribution in [0.5, 0.6) is 0 Å². The van der Waals surface area contributed by atoms with Crippen molar-refractivity contribution in [1.29, 1.82) is 0 Å². The second kappa shape index (κ2) is 6.44. The van der Waals surface area contributed by atoms with Crippen LogP contribution in [0.2, 0.25) is 10.0 Å². The lowest BCUT2D eigenvalue weighted by molar-refractivity contribution is 0.102. The van der Waals surface area contributed by atoms with Gasteiger partial charge in [-0.25, -0.2) is 0 Å². The van der Waals surface area contributed by atoms with Crippen LogP contribution in [0.1, 0.15) is 16.1 Å². The third-order valence-corrected chi connectivity index (χ3v) is 4.04. The maximum Gasteiger partial charge on any atom is 0.260 e. The molecule has 0 unspecified atom stereocenters. The van der Waals surface area contributed by atoms with Gasteiger partial charge in [0.2, 0.25) is 0 Å². The Hall–Kier alpha value is -2.30. The van der Waals surface area contributed by atoms with E-state index in [9.17, 15) is 4.79 Å². The van der Waals surface area contributed by atoms with Gasteiger partial charge in [0.25, 0.3) is 5.91 Å². The van der Waals surface area contributed by atoms with E-state index in [2.05, 4.69) is 10.5 Å². The first-order chi connectivity index (χ1) is 11.1. The predicted octanol–water partition coefficient (Wildman–Crippen LogP) is 5.21. The van der Waals surface area contributed by atoms with Crippen molar-refractivity contribution in [2.24, 2.45) is 0 Å². The monoisotopic (exact) mass is 346 g/mol. The van der Waals surface area contributed by atoms with E-state index in [1.807, 2.05) is 30.3 Å². The Balaban J connectivity index is 1.87. The van der Waals surface area contributed by atoms with Gasteiger partial charge in [-0.05, 0) is 30.7 Å². The molecule has 4 nitrogen and oxygen atoms in total. The fourth-order valence-corrected chi connectivity index (χ4v) is 2.66. The largest absolute Gasteiger partial charge is 0.361 e. The third-order valence-electron chi connectivity index (χ3n) is 3.40. The molecule has 0 fully saturated rings. The highest BCUT2D eigenvalue weighted by Crippen LogP contribution is 2.32. The van der Waals surface area contributed by atoms with E-state index < -0.39 is 0 Å². The summed E-state index contributed by atoms with van der Waals surface area (Å²) in [5.74, 6) is 0.127. The van der Waals surface area contributed by atoms with Crippen LogP contribution in [0.3, 0.4) is 0 Å². The van der Waals surface area contributed by atoms with Gasteiger partial charge in [-0.15, -0.1) is 0 Å². The van der Waals surface area contributed by atoms with Gasteiger partial charge >= 0.3 is 0 Å². The molecule has 6 heteroatoms. The third kappa shape index (κ3) is 3.23. The molecule has 0 bridgehead atoms. The maximum atomic E-state index is 12.2. The number of carbonyl (C=O) groups is 1. The first-order valence-electron chi connectivity index (χ1n) is 6.83. The van der Waals surface area contributed by atoms with E-state index in [0.717, 1.165) is 11.1 Å². The molecule has 2 aromatic carbocycles. The number of hydrogen-bond acceptors (Lipinski definition) is 3. The molecule has 0 aliphatic heterocycles. The lowest BCUT2D eigenvalue weighted by atomic mass is 10.1. The van der Waals surface area contributed by atoms with Gasteiger partial charge in [0.1, 0.15) is 11.3 Å². The molecule has 1 N–H and O–H groups in total. The van der Waals surface area contributed by atoms with Gasteiger partial charge in [0, 0.05) is 10.6 Å². The van der Waals surface area contributed by atoms with Gasteiger partial charge in [0.15, 0.2) is 0 Å². The molecule has 3 rings (SSSR count). The number of aromatic nitrogens is 1.